The van der Waals surface area contributed by atoms with Crippen molar-refractivity contribution < 1.29 is 33.9 Å². The normalized spacial score (nSPS) is 16.7. The summed E-state index contributed by atoms with van der Waals surface area (Å²) in [5.41, 5.74) is 9.83. The number of nitrogens with two attached hydrogens (primary N) is 1. The standard InChI is InChI=1S/C52H66N8O7/c1-36(2)31-44(49(64)55-35-48(63)60(40-17-10-5-11-18-40)41-25-29-58(30-26-41)28-24-37-13-6-3-7-14-37)57-50(65)45(33-38-15-8-4-9-16-38)56-47(62)34-54-51(66)46-19-12-27-59(46)52(67)43(53)32-39-20-22-42(61)23-21-39/h3-11,13-18,20-23,36,41,43-46,61H,12,19,24-35,53H2,1-2H3,(H,54,66)(H,55,64)(H,56,62)(H,57,65)/t43-,44-,45-,46+/m0/s1. The molecule has 6 rings (SSSR count). The number of carbonyl (C=O) groups is 6. The maximum Gasteiger partial charge on any atom is 0.246 e. The molecule has 0 aromatic heterocycles. The molecular formula is C52H66N8O7. The maximum atomic E-state index is 14.1. The van der Waals surface area contributed by atoms with Crippen LogP contribution in [-0.2, 0) is 48.0 Å². The van der Waals surface area contributed by atoms with E-state index in [4.69, 9.17) is 5.73 Å². The third kappa shape index (κ3) is 15.0. The van der Waals surface area contributed by atoms with E-state index < -0.39 is 60.2 Å². The van der Waals surface area contributed by atoms with Crippen molar-refractivity contribution >= 4 is 41.1 Å². The summed E-state index contributed by atoms with van der Waals surface area (Å²) in [4.78, 5) is 88.0. The predicted octanol–water partition coefficient (Wildman–Crippen LogP) is 3.48. The Balaban J connectivity index is 1.05. The second-order valence-corrected chi connectivity index (χ2v) is 18.0. The highest BCUT2D eigenvalue weighted by molar-refractivity contribution is 5.99. The quantitative estimate of drug-likeness (QED) is 0.0723. The number of phenolic OH excluding ortho intramolecular Hbond substituents is 1. The van der Waals surface area contributed by atoms with Gasteiger partial charge in [-0.15, -0.1) is 0 Å². The lowest BCUT2D eigenvalue weighted by Crippen LogP contribution is -2.57. The van der Waals surface area contributed by atoms with E-state index in [-0.39, 0.29) is 49.4 Å². The Hall–Kier alpha value is -6.58. The summed E-state index contributed by atoms with van der Waals surface area (Å²) in [5.74, 6) is -2.83. The monoisotopic (exact) mass is 915 g/mol. The van der Waals surface area contributed by atoms with Crippen LogP contribution >= 0.6 is 0 Å². The van der Waals surface area contributed by atoms with Gasteiger partial charge in [-0.05, 0) is 91.8 Å². The first-order chi connectivity index (χ1) is 32.3. The minimum absolute atomic E-state index is 0.0126. The van der Waals surface area contributed by atoms with Crippen LogP contribution in [0.2, 0.25) is 0 Å². The van der Waals surface area contributed by atoms with Crippen molar-refractivity contribution in [2.75, 3.05) is 44.2 Å². The number of phenols is 1. The molecule has 0 bridgehead atoms. The summed E-state index contributed by atoms with van der Waals surface area (Å²) in [6.07, 6.45) is 4.09. The molecule has 7 N–H and O–H groups in total. The summed E-state index contributed by atoms with van der Waals surface area (Å²) in [6.45, 7) is 6.08. The molecule has 67 heavy (non-hydrogen) atoms. The fourth-order valence-corrected chi connectivity index (χ4v) is 8.91. The van der Waals surface area contributed by atoms with Crippen molar-refractivity contribution in [1.29, 1.82) is 0 Å². The molecule has 0 radical (unpaired) electrons. The first-order valence-corrected chi connectivity index (χ1v) is 23.5. The van der Waals surface area contributed by atoms with E-state index in [0.29, 0.717) is 19.4 Å². The summed E-state index contributed by atoms with van der Waals surface area (Å²) < 4.78 is 0. The zero-order valence-electron chi connectivity index (χ0n) is 38.6. The molecule has 356 valence electrons. The lowest BCUT2D eigenvalue weighted by atomic mass is 10.0. The van der Waals surface area contributed by atoms with Gasteiger partial charge < -0.3 is 46.8 Å². The van der Waals surface area contributed by atoms with Gasteiger partial charge >= 0.3 is 0 Å². The molecule has 2 saturated heterocycles. The van der Waals surface area contributed by atoms with E-state index in [1.165, 1.54) is 22.6 Å². The molecule has 0 spiro atoms. The highest BCUT2D eigenvalue weighted by atomic mass is 16.3. The molecule has 15 heteroatoms. The maximum absolute atomic E-state index is 14.1. The van der Waals surface area contributed by atoms with Crippen LogP contribution < -0.4 is 31.9 Å². The largest absolute Gasteiger partial charge is 0.508 e. The Labute approximate surface area is 393 Å². The number of para-hydroxylation sites is 1. The molecule has 0 unspecified atom stereocenters. The highest BCUT2D eigenvalue weighted by Crippen LogP contribution is 2.25. The summed E-state index contributed by atoms with van der Waals surface area (Å²) in [6, 6.07) is 31.5. The molecule has 2 fully saturated rings. The van der Waals surface area contributed by atoms with Gasteiger partial charge in [0.25, 0.3) is 0 Å². The summed E-state index contributed by atoms with van der Waals surface area (Å²) in [5, 5.41) is 20.7. The van der Waals surface area contributed by atoms with Crippen LogP contribution in [0.3, 0.4) is 0 Å². The number of likely N-dealkylation sites (tertiary alicyclic amines) is 2. The molecule has 0 saturated carbocycles. The van der Waals surface area contributed by atoms with Gasteiger partial charge in [-0.3, -0.25) is 28.8 Å². The van der Waals surface area contributed by atoms with Crippen molar-refractivity contribution in [3.05, 3.63) is 132 Å². The molecule has 2 aliphatic rings. The lowest BCUT2D eigenvalue weighted by Gasteiger charge is -2.38. The van der Waals surface area contributed by atoms with Crippen LogP contribution in [-0.4, -0.2) is 120 Å². The number of hydrogen-bond donors (Lipinski definition) is 6. The third-order valence-corrected chi connectivity index (χ3v) is 12.4. The van der Waals surface area contributed by atoms with E-state index >= 15 is 0 Å². The molecule has 4 atom stereocenters. The van der Waals surface area contributed by atoms with Gasteiger partial charge in [-0.25, -0.2) is 0 Å². The van der Waals surface area contributed by atoms with Crippen LogP contribution in [0, 0.1) is 5.92 Å². The Morgan fingerprint density at radius 1 is 0.687 bits per heavy atom. The molecule has 0 aliphatic carbocycles. The zero-order valence-corrected chi connectivity index (χ0v) is 38.6. The number of benzene rings is 4. The number of anilines is 1. The van der Waals surface area contributed by atoms with Crippen molar-refractivity contribution in [3.8, 4) is 5.75 Å². The van der Waals surface area contributed by atoms with Crippen molar-refractivity contribution in [3.63, 3.8) is 0 Å². The van der Waals surface area contributed by atoms with Crippen molar-refractivity contribution in [1.82, 2.24) is 31.1 Å². The summed E-state index contributed by atoms with van der Waals surface area (Å²) in [7, 11) is 0. The van der Waals surface area contributed by atoms with Crippen LogP contribution in [0.4, 0.5) is 5.69 Å². The number of amides is 6. The fraction of sp³-hybridized carbons (Fsp3) is 0.423. The first-order valence-electron chi connectivity index (χ1n) is 23.5. The molecule has 2 aliphatic heterocycles. The zero-order chi connectivity index (χ0) is 47.7. The number of nitrogens with one attached hydrogen (secondary N) is 4. The van der Waals surface area contributed by atoms with Crippen molar-refractivity contribution in [2.24, 2.45) is 11.7 Å². The fourth-order valence-electron chi connectivity index (χ4n) is 8.91. The van der Waals surface area contributed by atoms with Crippen LogP contribution in [0.1, 0.15) is 62.6 Å². The molecule has 15 nitrogen and oxygen atoms in total. The predicted molar refractivity (Wildman–Crippen MR) is 258 cm³/mol. The Morgan fingerprint density at radius 3 is 1.94 bits per heavy atom. The first kappa shape index (κ1) is 49.8. The number of aromatic hydroxyl groups is 1. The highest BCUT2D eigenvalue weighted by Gasteiger charge is 2.37. The number of hydrogen-bond acceptors (Lipinski definition) is 9. The van der Waals surface area contributed by atoms with Gasteiger partial charge in [0.15, 0.2) is 0 Å². The SMILES string of the molecule is CC(C)C[C@H](NC(=O)[C@H](Cc1ccccc1)NC(=O)CNC(=O)[C@H]1CCCN1C(=O)[C@@H](N)Cc1ccc(O)cc1)C(=O)NCC(=O)N(c1ccccc1)C1CCN(CCc2ccccc2)CC1. The van der Waals surface area contributed by atoms with Crippen LogP contribution in [0.25, 0.3) is 0 Å². The van der Waals surface area contributed by atoms with E-state index in [1.54, 1.807) is 17.0 Å². The number of piperidine rings is 1. The molecule has 4 aromatic rings. The van der Waals surface area contributed by atoms with Gasteiger partial charge in [-0.1, -0.05) is 105 Å². The lowest BCUT2D eigenvalue weighted by molar-refractivity contribution is -0.139. The van der Waals surface area contributed by atoms with Crippen molar-refractivity contribution in [2.45, 2.75) is 95.4 Å². The van der Waals surface area contributed by atoms with E-state index in [0.717, 1.165) is 55.7 Å². The topological polar surface area (TPSA) is 207 Å². The number of rotatable bonds is 21. The Bertz CT molecular complexity index is 2240. The second-order valence-electron chi connectivity index (χ2n) is 18.0. The van der Waals surface area contributed by atoms with Gasteiger partial charge in [0.1, 0.15) is 23.9 Å². The molecule has 4 aromatic carbocycles. The van der Waals surface area contributed by atoms with Gasteiger partial charge in [0.2, 0.25) is 35.4 Å². The molecule has 2 heterocycles. The number of nitrogens with zero attached hydrogens (tertiary/aromatic N) is 3. The molecule has 6 amide bonds. The minimum Gasteiger partial charge on any atom is -0.508 e. The van der Waals surface area contributed by atoms with Gasteiger partial charge in [-0.2, -0.15) is 0 Å². The Morgan fingerprint density at radius 2 is 1.30 bits per heavy atom. The second kappa shape index (κ2) is 24.8. The average molecular weight is 915 g/mol. The third-order valence-electron chi connectivity index (χ3n) is 12.4. The Kier molecular flexibility index (Phi) is 18.5. The minimum atomic E-state index is -1.12. The number of carbonyl (C=O) groups excluding carboxylic acids is 6. The van der Waals surface area contributed by atoms with E-state index in [9.17, 15) is 33.9 Å². The van der Waals surface area contributed by atoms with Gasteiger partial charge in [0.05, 0.1) is 19.1 Å². The van der Waals surface area contributed by atoms with Crippen LogP contribution in [0.5, 0.6) is 5.75 Å². The summed E-state index contributed by atoms with van der Waals surface area (Å²) >= 11 is 0. The molecular weight excluding hydrogens is 849 g/mol. The smallest absolute Gasteiger partial charge is 0.246 e. The van der Waals surface area contributed by atoms with Gasteiger partial charge in [0, 0.05) is 44.3 Å². The van der Waals surface area contributed by atoms with E-state index in [1.807, 2.05) is 80.6 Å². The average Bonchev–Trinajstić information content (AvgIpc) is 3.83. The van der Waals surface area contributed by atoms with Crippen LogP contribution in [0.15, 0.2) is 115 Å². The van der Waals surface area contributed by atoms with E-state index in [2.05, 4.69) is 50.4 Å².